The van der Waals surface area contributed by atoms with Crippen LogP contribution in [0.3, 0.4) is 0 Å². The first kappa shape index (κ1) is 14.1. The highest BCUT2D eigenvalue weighted by atomic mass is 16.2. The fraction of sp³-hybridized carbons (Fsp3) is 0.250. The summed E-state index contributed by atoms with van der Waals surface area (Å²) < 4.78 is 0. The smallest absolute Gasteiger partial charge is 0.228 e. The molecule has 4 nitrogen and oxygen atoms in total. The Bertz CT molecular complexity index is 576. The molecule has 104 valence electrons. The van der Waals surface area contributed by atoms with E-state index in [0.29, 0.717) is 17.9 Å². The van der Waals surface area contributed by atoms with Crippen molar-refractivity contribution in [2.24, 2.45) is 0 Å². The van der Waals surface area contributed by atoms with Gasteiger partial charge < -0.3 is 5.73 Å². The van der Waals surface area contributed by atoms with Crippen LogP contribution >= 0.6 is 0 Å². The second kappa shape index (κ2) is 6.19. The molecule has 0 saturated heterocycles. The van der Waals surface area contributed by atoms with Crippen LogP contribution in [-0.4, -0.2) is 17.9 Å². The van der Waals surface area contributed by atoms with Crippen LogP contribution in [0.5, 0.6) is 0 Å². The molecule has 0 aliphatic carbocycles. The van der Waals surface area contributed by atoms with E-state index in [9.17, 15) is 4.79 Å². The SMILES string of the molecule is Cc1ccc(CCC(=O)N(C)c2ccc(N)cn2)cc1. The third kappa shape index (κ3) is 3.57. The molecule has 1 aromatic heterocycles. The van der Waals surface area contributed by atoms with Gasteiger partial charge in [0.2, 0.25) is 5.91 Å². The van der Waals surface area contributed by atoms with Crippen molar-refractivity contribution in [2.45, 2.75) is 19.8 Å². The lowest BCUT2D eigenvalue weighted by Crippen LogP contribution is -2.27. The summed E-state index contributed by atoms with van der Waals surface area (Å²) >= 11 is 0. The number of hydrogen-bond donors (Lipinski definition) is 1. The van der Waals surface area contributed by atoms with Gasteiger partial charge in [-0.15, -0.1) is 0 Å². The Kier molecular flexibility index (Phi) is 4.35. The topological polar surface area (TPSA) is 59.2 Å². The Morgan fingerprint density at radius 2 is 1.90 bits per heavy atom. The predicted molar refractivity (Wildman–Crippen MR) is 81.6 cm³/mol. The van der Waals surface area contributed by atoms with Gasteiger partial charge in [0.05, 0.1) is 11.9 Å². The first-order chi connectivity index (χ1) is 9.56. The molecule has 0 aliphatic rings. The van der Waals surface area contributed by atoms with Crippen molar-refractivity contribution < 1.29 is 4.79 Å². The lowest BCUT2D eigenvalue weighted by atomic mass is 10.1. The zero-order valence-electron chi connectivity index (χ0n) is 11.8. The molecule has 2 N–H and O–H groups in total. The largest absolute Gasteiger partial charge is 0.397 e. The summed E-state index contributed by atoms with van der Waals surface area (Å²) in [4.78, 5) is 17.8. The van der Waals surface area contributed by atoms with Crippen molar-refractivity contribution in [2.75, 3.05) is 17.7 Å². The molecule has 1 amide bonds. The number of rotatable bonds is 4. The number of nitrogens with zero attached hydrogens (tertiary/aromatic N) is 2. The first-order valence-corrected chi connectivity index (χ1v) is 6.60. The molecular formula is C16H19N3O. The Morgan fingerprint density at radius 3 is 2.50 bits per heavy atom. The number of benzene rings is 1. The summed E-state index contributed by atoms with van der Waals surface area (Å²) in [6.45, 7) is 2.05. The minimum absolute atomic E-state index is 0.0443. The van der Waals surface area contributed by atoms with Gasteiger partial charge in [-0.1, -0.05) is 29.8 Å². The molecule has 0 bridgehead atoms. The van der Waals surface area contributed by atoms with Crippen molar-refractivity contribution in [1.29, 1.82) is 0 Å². The maximum atomic E-state index is 12.1. The maximum Gasteiger partial charge on any atom is 0.228 e. The minimum atomic E-state index is 0.0443. The van der Waals surface area contributed by atoms with Gasteiger partial charge in [0.1, 0.15) is 5.82 Å². The molecule has 1 aromatic carbocycles. The maximum absolute atomic E-state index is 12.1. The molecule has 0 spiro atoms. The number of nitrogen functional groups attached to an aromatic ring is 1. The molecule has 2 rings (SSSR count). The molecule has 0 saturated carbocycles. The van der Waals surface area contributed by atoms with Crippen molar-refractivity contribution >= 4 is 17.4 Å². The van der Waals surface area contributed by atoms with Crippen LogP contribution in [0.4, 0.5) is 11.5 Å². The molecule has 0 unspecified atom stereocenters. The third-order valence-corrected chi connectivity index (χ3v) is 3.24. The summed E-state index contributed by atoms with van der Waals surface area (Å²) in [5.74, 6) is 0.663. The van der Waals surface area contributed by atoms with Gasteiger partial charge in [0, 0.05) is 13.5 Å². The van der Waals surface area contributed by atoms with Crippen molar-refractivity contribution in [1.82, 2.24) is 4.98 Å². The highest BCUT2D eigenvalue weighted by Crippen LogP contribution is 2.13. The van der Waals surface area contributed by atoms with Crippen LogP contribution in [0.2, 0.25) is 0 Å². The molecule has 2 aromatic rings. The second-order valence-corrected chi connectivity index (χ2v) is 4.89. The Morgan fingerprint density at radius 1 is 1.20 bits per heavy atom. The average Bonchev–Trinajstić information content (AvgIpc) is 2.46. The molecule has 0 atom stereocenters. The number of hydrogen-bond acceptors (Lipinski definition) is 3. The number of nitrogens with two attached hydrogens (primary N) is 1. The summed E-state index contributed by atoms with van der Waals surface area (Å²) in [7, 11) is 1.73. The van der Waals surface area contributed by atoms with Crippen LogP contribution in [0.1, 0.15) is 17.5 Å². The number of aryl methyl sites for hydroxylation is 2. The molecule has 0 radical (unpaired) electrons. The van der Waals surface area contributed by atoms with Crippen LogP contribution in [0.25, 0.3) is 0 Å². The zero-order valence-corrected chi connectivity index (χ0v) is 11.8. The number of pyridine rings is 1. The van der Waals surface area contributed by atoms with Gasteiger partial charge >= 0.3 is 0 Å². The van der Waals surface area contributed by atoms with Gasteiger partial charge in [-0.05, 0) is 31.0 Å². The minimum Gasteiger partial charge on any atom is -0.397 e. The quantitative estimate of drug-likeness (QED) is 0.928. The van der Waals surface area contributed by atoms with Gasteiger partial charge in [-0.2, -0.15) is 0 Å². The summed E-state index contributed by atoms with van der Waals surface area (Å²) in [5, 5.41) is 0. The van der Waals surface area contributed by atoms with Gasteiger partial charge in [0.25, 0.3) is 0 Å². The van der Waals surface area contributed by atoms with Crippen molar-refractivity contribution in [3.05, 3.63) is 53.7 Å². The molecule has 0 fully saturated rings. The van der Waals surface area contributed by atoms with E-state index in [1.807, 2.05) is 0 Å². The standard InChI is InChI=1S/C16H19N3O/c1-12-3-5-13(6-4-12)7-10-16(20)19(2)15-9-8-14(17)11-18-15/h3-6,8-9,11H,7,10,17H2,1-2H3. The molecular weight excluding hydrogens is 250 g/mol. The summed E-state index contributed by atoms with van der Waals surface area (Å²) in [6, 6.07) is 11.7. The molecule has 1 heterocycles. The third-order valence-electron chi connectivity index (χ3n) is 3.24. The van der Waals surface area contributed by atoms with E-state index >= 15 is 0 Å². The Hall–Kier alpha value is -2.36. The van der Waals surface area contributed by atoms with Crippen LogP contribution in [-0.2, 0) is 11.2 Å². The van der Waals surface area contributed by atoms with Crippen molar-refractivity contribution in [3.8, 4) is 0 Å². The van der Waals surface area contributed by atoms with E-state index in [1.165, 1.54) is 11.1 Å². The second-order valence-electron chi connectivity index (χ2n) is 4.89. The average molecular weight is 269 g/mol. The van der Waals surface area contributed by atoms with E-state index in [-0.39, 0.29) is 5.91 Å². The summed E-state index contributed by atoms with van der Waals surface area (Å²) in [6.07, 6.45) is 2.75. The van der Waals surface area contributed by atoms with E-state index in [0.717, 1.165) is 6.42 Å². The lowest BCUT2D eigenvalue weighted by molar-refractivity contribution is -0.118. The predicted octanol–water partition coefficient (Wildman–Crippen LogP) is 2.57. The highest BCUT2D eigenvalue weighted by molar-refractivity contribution is 5.92. The zero-order chi connectivity index (χ0) is 14.5. The van der Waals surface area contributed by atoms with E-state index < -0.39 is 0 Å². The van der Waals surface area contributed by atoms with Crippen LogP contribution in [0, 0.1) is 6.92 Å². The van der Waals surface area contributed by atoms with Gasteiger partial charge in [-0.3, -0.25) is 9.69 Å². The number of anilines is 2. The Balaban J connectivity index is 1.94. The monoisotopic (exact) mass is 269 g/mol. The van der Waals surface area contributed by atoms with Gasteiger partial charge in [-0.25, -0.2) is 4.98 Å². The fourth-order valence-electron chi connectivity index (χ4n) is 1.90. The van der Waals surface area contributed by atoms with Crippen LogP contribution in [0.15, 0.2) is 42.6 Å². The van der Waals surface area contributed by atoms with Crippen LogP contribution < -0.4 is 10.6 Å². The number of carbonyl (C=O) groups excluding carboxylic acids is 1. The summed E-state index contributed by atoms with van der Waals surface area (Å²) in [5.41, 5.74) is 8.57. The fourth-order valence-corrected chi connectivity index (χ4v) is 1.90. The van der Waals surface area contributed by atoms with E-state index in [1.54, 1.807) is 30.3 Å². The number of aromatic nitrogens is 1. The molecule has 4 heteroatoms. The number of carbonyl (C=O) groups is 1. The highest BCUT2D eigenvalue weighted by Gasteiger charge is 2.11. The first-order valence-electron chi connectivity index (χ1n) is 6.60. The number of amides is 1. The van der Waals surface area contributed by atoms with E-state index in [2.05, 4.69) is 36.2 Å². The van der Waals surface area contributed by atoms with E-state index in [4.69, 9.17) is 5.73 Å². The lowest BCUT2D eigenvalue weighted by Gasteiger charge is -2.16. The Labute approximate surface area is 119 Å². The molecule has 20 heavy (non-hydrogen) atoms. The normalized spacial score (nSPS) is 10.3. The van der Waals surface area contributed by atoms with Gasteiger partial charge in [0.15, 0.2) is 0 Å². The van der Waals surface area contributed by atoms with Crippen molar-refractivity contribution in [3.63, 3.8) is 0 Å². The molecule has 0 aliphatic heterocycles.